The van der Waals surface area contributed by atoms with Crippen LogP contribution in [0.4, 0.5) is 0 Å². The smallest absolute Gasteiger partial charge is 0.124 e. The Balaban J connectivity index is 3.01. The summed E-state index contributed by atoms with van der Waals surface area (Å²) in [4.78, 5) is 0. The summed E-state index contributed by atoms with van der Waals surface area (Å²) in [5.41, 5.74) is 0.663. The molecule has 2 N–H and O–H groups in total. The molecular weight excluding hydrogens is 140 g/mol. The molecule has 0 fully saturated rings. The van der Waals surface area contributed by atoms with E-state index in [-0.39, 0.29) is 11.5 Å². The average molecular weight is 149 g/mol. The minimum atomic E-state index is 0.0413. The highest BCUT2D eigenvalue weighted by Gasteiger charge is 1.99. The van der Waals surface area contributed by atoms with Crippen LogP contribution in [0.3, 0.4) is 0 Å². The molecule has 0 unspecified atom stereocenters. The topological polar surface area (TPSA) is 40.5 Å². The van der Waals surface area contributed by atoms with E-state index in [4.69, 9.17) is 5.11 Å². The Kier molecular flexibility index (Phi) is 2.16. The van der Waals surface area contributed by atoms with Crippen LogP contribution in [0.2, 0.25) is 0 Å². The Hall–Kier alpha value is -1.44. The Labute approximate surface area is 65.4 Å². The molecule has 0 saturated carbocycles. The van der Waals surface area contributed by atoms with Crippen molar-refractivity contribution in [2.75, 3.05) is 0 Å². The van der Waals surface area contributed by atoms with Crippen LogP contribution in [0.1, 0.15) is 5.56 Å². The first-order valence-corrected chi connectivity index (χ1v) is 3.27. The number of phenolic OH excluding ortho intramolecular Hbond substituents is 2. The fourth-order valence-electron chi connectivity index (χ4n) is 0.835. The first kappa shape index (κ1) is 7.66. The summed E-state index contributed by atoms with van der Waals surface area (Å²) in [5, 5.41) is 18.1. The molecule has 1 rings (SSSR count). The van der Waals surface area contributed by atoms with E-state index in [0.717, 1.165) is 0 Å². The highest BCUT2D eigenvalue weighted by molar-refractivity contribution is 5.38. The second-order valence-corrected chi connectivity index (χ2v) is 2.22. The van der Waals surface area contributed by atoms with Gasteiger partial charge in [0.15, 0.2) is 0 Å². The molecular formula is C9H9O2. The van der Waals surface area contributed by atoms with E-state index in [2.05, 4.69) is 12.6 Å². The molecule has 1 aromatic carbocycles. The number of rotatable bonds is 2. The molecule has 0 saturated heterocycles. The number of hydrogen-bond acceptors (Lipinski definition) is 2. The highest BCUT2D eigenvalue weighted by Crippen LogP contribution is 2.21. The molecule has 0 amide bonds. The summed E-state index contributed by atoms with van der Waals surface area (Å²) in [6.45, 7) is 3.52. The van der Waals surface area contributed by atoms with Gasteiger partial charge in [0.05, 0.1) is 0 Å². The van der Waals surface area contributed by atoms with Crippen molar-refractivity contribution in [3.8, 4) is 11.5 Å². The minimum absolute atomic E-state index is 0.0413. The van der Waals surface area contributed by atoms with Gasteiger partial charge in [0.25, 0.3) is 0 Å². The van der Waals surface area contributed by atoms with Gasteiger partial charge in [0.2, 0.25) is 0 Å². The van der Waals surface area contributed by atoms with Gasteiger partial charge in [-0.3, -0.25) is 0 Å². The number of benzene rings is 1. The lowest BCUT2D eigenvalue weighted by Crippen LogP contribution is -1.81. The van der Waals surface area contributed by atoms with E-state index in [1.54, 1.807) is 6.08 Å². The Morgan fingerprint density at radius 1 is 1.55 bits per heavy atom. The molecule has 0 heterocycles. The summed E-state index contributed by atoms with van der Waals surface area (Å²) in [5.74, 6) is 0.183. The first-order chi connectivity index (χ1) is 5.24. The predicted molar refractivity (Wildman–Crippen MR) is 42.5 cm³/mol. The Bertz CT molecular complexity index is 266. The number of hydrogen-bond donors (Lipinski definition) is 2. The molecule has 2 nitrogen and oxygen atoms in total. The van der Waals surface area contributed by atoms with Crippen molar-refractivity contribution in [1.82, 2.24) is 0 Å². The number of allylic oxidation sites excluding steroid dienone is 1. The van der Waals surface area contributed by atoms with Gasteiger partial charge in [-0.25, -0.2) is 0 Å². The van der Waals surface area contributed by atoms with Crippen molar-refractivity contribution in [2.45, 2.75) is 6.42 Å². The first-order valence-electron chi connectivity index (χ1n) is 3.27. The molecule has 0 aromatic heterocycles. The van der Waals surface area contributed by atoms with Gasteiger partial charge in [-0.1, -0.05) is 6.08 Å². The lowest BCUT2D eigenvalue weighted by atomic mass is 10.1. The van der Waals surface area contributed by atoms with E-state index in [9.17, 15) is 5.11 Å². The van der Waals surface area contributed by atoms with Crippen LogP contribution in [0.15, 0.2) is 24.8 Å². The van der Waals surface area contributed by atoms with Gasteiger partial charge in [0.1, 0.15) is 11.5 Å². The van der Waals surface area contributed by atoms with E-state index < -0.39 is 0 Å². The second-order valence-electron chi connectivity index (χ2n) is 2.22. The van der Waals surface area contributed by atoms with Crippen LogP contribution in [0.25, 0.3) is 0 Å². The van der Waals surface area contributed by atoms with Crippen molar-refractivity contribution in [3.63, 3.8) is 0 Å². The van der Waals surface area contributed by atoms with E-state index >= 15 is 0 Å². The summed E-state index contributed by atoms with van der Waals surface area (Å²) in [7, 11) is 0. The van der Waals surface area contributed by atoms with E-state index in [1.807, 2.05) is 0 Å². The lowest BCUT2D eigenvalue weighted by molar-refractivity contribution is 0.454. The molecule has 57 valence electrons. The van der Waals surface area contributed by atoms with Crippen LogP contribution in [-0.4, -0.2) is 10.2 Å². The number of aromatic hydroxyl groups is 2. The third-order valence-corrected chi connectivity index (χ3v) is 1.36. The van der Waals surface area contributed by atoms with Gasteiger partial charge >= 0.3 is 0 Å². The molecule has 0 atom stereocenters. The van der Waals surface area contributed by atoms with Crippen LogP contribution < -0.4 is 0 Å². The Morgan fingerprint density at radius 2 is 2.27 bits per heavy atom. The zero-order valence-electron chi connectivity index (χ0n) is 6.04. The second kappa shape index (κ2) is 3.10. The molecule has 0 bridgehead atoms. The van der Waals surface area contributed by atoms with Gasteiger partial charge in [-0.2, -0.15) is 0 Å². The molecule has 2 heteroatoms. The molecule has 0 aliphatic carbocycles. The fraction of sp³-hybridized carbons (Fsp3) is 0.111. The van der Waals surface area contributed by atoms with Crippen LogP contribution in [0.5, 0.6) is 11.5 Å². The largest absolute Gasteiger partial charge is 0.508 e. The lowest BCUT2D eigenvalue weighted by Gasteiger charge is -2.00. The van der Waals surface area contributed by atoms with Gasteiger partial charge in [0, 0.05) is 11.6 Å². The summed E-state index contributed by atoms with van der Waals surface area (Å²) in [6, 6.07) is 5.28. The van der Waals surface area contributed by atoms with E-state index in [1.165, 1.54) is 12.1 Å². The van der Waals surface area contributed by atoms with Crippen LogP contribution in [0, 0.1) is 6.07 Å². The quantitative estimate of drug-likeness (QED) is 0.495. The molecule has 1 radical (unpaired) electrons. The van der Waals surface area contributed by atoms with Gasteiger partial charge in [-0.05, 0) is 18.6 Å². The number of phenols is 2. The Morgan fingerprint density at radius 3 is 2.91 bits per heavy atom. The van der Waals surface area contributed by atoms with Crippen molar-refractivity contribution < 1.29 is 10.2 Å². The molecule has 1 aromatic rings. The minimum Gasteiger partial charge on any atom is -0.508 e. The van der Waals surface area contributed by atoms with Gasteiger partial charge < -0.3 is 10.2 Å². The van der Waals surface area contributed by atoms with Crippen molar-refractivity contribution >= 4 is 0 Å². The van der Waals surface area contributed by atoms with Gasteiger partial charge in [-0.15, -0.1) is 6.58 Å². The normalized spacial score (nSPS) is 9.45. The monoisotopic (exact) mass is 149 g/mol. The van der Waals surface area contributed by atoms with Crippen molar-refractivity contribution in [3.05, 3.63) is 36.4 Å². The van der Waals surface area contributed by atoms with Crippen LogP contribution in [-0.2, 0) is 6.42 Å². The molecule has 0 aliphatic heterocycles. The SMILES string of the molecule is C=CCc1cc(O)[c]cc1O. The maximum Gasteiger partial charge on any atom is 0.124 e. The third kappa shape index (κ3) is 1.74. The molecule has 0 spiro atoms. The summed E-state index contributed by atoms with van der Waals surface area (Å²) in [6.07, 6.45) is 2.21. The summed E-state index contributed by atoms with van der Waals surface area (Å²) >= 11 is 0. The predicted octanol–water partition coefficient (Wildman–Crippen LogP) is 1.63. The average Bonchev–Trinajstić information content (AvgIpc) is 1.98. The fourth-order valence-corrected chi connectivity index (χ4v) is 0.835. The molecule has 11 heavy (non-hydrogen) atoms. The zero-order chi connectivity index (χ0) is 8.27. The van der Waals surface area contributed by atoms with E-state index in [0.29, 0.717) is 12.0 Å². The maximum atomic E-state index is 9.18. The highest BCUT2D eigenvalue weighted by atomic mass is 16.3. The maximum absolute atomic E-state index is 9.18. The van der Waals surface area contributed by atoms with Crippen LogP contribution >= 0.6 is 0 Å². The summed E-state index contributed by atoms with van der Waals surface area (Å²) < 4.78 is 0. The zero-order valence-corrected chi connectivity index (χ0v) is 6.04. The van der Waals surface area contributed by atoms with Crippen molar-refractivity contribution in [2.24, 2.45) is 0 Å². The van der Waals surface area contributed by atoms with Crippen molar-refractivity contribution in [1.29, 1.82) is 0 Å². The molecule has 0 aliphatic rings. The standard InChI is InChI=1S/C9H9O2/c1-2-3-7-6-8(10)4-5-9(7)11/h2,5-6,10-11H,1,3H2. The third-order valence-electron chi connectivity index (χ3n) is 1.36.